The molecule has 1 amide bonds. The average molecular weight is 452 g/mol. The molecule has 0 saturated carbocycles. The molecule has 0 saturated heterocycles. The summed E-state index contributed by atoms with van der Waals surface area (Å²) in [7, 11) is 0. The molecule has 0 aliphatic rings. The molecule has 0 spiro atoms. The molecule has 1 N–H and O–H groups in total. The Bertz CT molecular complexity index is 873. The monoisotopic (exact) mass is 451 g/mol. The Morgan fingerprint density at radius 1 is 0.966 bits per heavy atom. The number of hydrogen-bond acceptors (Lipinski definition) is 2. The van der Waals surface area contributed by atoms with Gasteiger partial charge in [0, 0.05) is 6.42 Å². The van der Waals surface area contributed by atoms with Crippen molar-refractivity contribution >= 4 is 21.8 Å². The van der Waals surface area contributed by atoms with E-state index in [4.69, 9.17) is 4.74 Å². The molecule has 3 nitrogen and oxygen atoms in total. The van der Waals surface area contributed by atoms with Crippen molar-refractivity contribution in [2.24, 2.45) is 0 Å². The van der Waals surface area contributed by atoms with Gasteiger partial charge in [-0.05, 0) is 57.6 Å². The summed E-state index contributed by atoms with van der Waals surface area (Å²) in [6.45, 7) is 2.62. The lowest BCUT2D eigenvalue weighted by Crippen LogP contribution is -2.29. The highest BCUT2D eigenvalue weighted by molar-refractivity contribution is 9.10. The van der Waals surface area contributed by atoms with Gasteiger partial charge in [0.1, 0.15) is 5.75 Å². The van der Waals surface area contributed by atoms with E-state index in [-0.39, 0.29) is 11.9 Å². The molecule has 0 aliphatic carbocycles. The van der Waals surface area contributed by atoms with E-state index < -0.39 is 0 Å². The minimum atomic E-state index is -0.151. The van der Waals surface area contributed by atoms with Gasteiger partial charge in [0.15, 0.2) is 0 Å². The molecule has 0 atom stereocenters. The topological polar surface area (TPSA) is 38.3 Å². The number of hydrogen-bond donors (Lipinski definition) is 1. The quantitative estimate of drug-likeness (QED) is 0.400. The Hall–Kier alpha value is -2.59. The van der Waals surface area contributed by atoms with Crippen molar-refractivity contribution in [2.75, 3.05) is 6.61 Å². The smallest absolute Gasteiger partial charge is 0.220 e. The molecule has 0 aliphatic heterocycles. The molecule has 0 fully saturated rings. The first kappa shape index (κ1) is 21.1. The van der Waals surface area contributed by atoms with Crippen molar-refractivity contribution in [3.05, 3.63) is 100 Å². The minimum absolute atomic E-state index is 0.0201. The number of benzene rings is 3. The number of aryl methyl sites for hydroxylation is 1. The largest absolute Gasteiger partial charge is 0.492 e. The molecule has 29 heavy (non-hydrogen) atoms. The van der Waals surface area contributed by atoms with E-state index in [1.54, 1.807) is 0 Å². The van der Waals surface area contributed by atoms with Gasteiger partial charge >= 0.3 is 0 Å². The lowest BCUT2D eigenvalue weighted by molar-refractivity contribution is -0.121. The summed E-state index contributed by atoms with van der Waals surface area (Å²) >= 11 is 3.55. The zero-order chi connectivity index (χ0) is 20.5. The third-order valence-electron chi connectivity index (χ3n) is 4.78. The summed E-state index contributed by atoms with van der Waals surface area (Å²) in [5.41, 5.74) is 3.41. The van der Waals surface area contributed by atoms with Crippen LogP contribution in [-0.4, -0.2) is 12.5 Å². The van der Waals surface area contributed by atoms with Crippen LogP contribution >= 0.6 is 15.9 Å². The zero-order valence-corrected chi connectivity index (χ0v) is 18.2. The molecule has 3 aromatic carbocycles. The first-order valence-electron chi connectivity index (χ1n) is 9.98. The Morgan fingerprint density at radius 2 is 1.59 bits per heavy atom. The molecule has 150 valence electrons. The molecule has 0 heterocycles. The van der Waals surface area contributed by atoms with Crippen LogP contribution in [0.5, 0.6) is 5.75 Å². The van der Waals surface area contributed by atoms with Gasteiger partial charge in [-0.2, -0.15) is 0 Å². The van der Waals surface area contributed by atoms with Crippen LogP contribution in [0, 0.1) is 0 Å². The molecule has 0 radical (unpaired) electrons. The fourth-order valence-corrected chi connectivity index (χ4v) is 3.72. The zero-order valence-electron chi connectivity index (χ0n) is 16.6. The van der Waals surface area contributed by atoms with Crippen LogP contribution in [0.3, 0.4) is 0 Å². The van der Waals surface area contributed by atoms with E-state index in [0.717, 1.165) is 27.8 Å². The molecule has 3 rings (SSSR count). The number of rotatable bonds is 9. The van der Waals surface area contributed by atoms with Crippen LogP contribution in [0.2, 0.25) is 0 Å². The molecule has 3 aromatic rings. The molecular formula is C25H26BrNO2. The molecule has 4 heteroatoms. The highest BCUT2D eigenvalue weighted by Gasteiger charge is 2.16. The summed E-state index contributed by atoms with van der Waals surface area (Å²) in [6.07, 6.45) is 2.06. The van der Waals surface area contributed by atoms with Crippen LogP contribution in [-0.2, 0) is 11.2 Å². The highest BCUT2D eigenvalue weighted by atomic mass is 79.9. The van der Waals surface area contributed by atoms with E-state index in [2.05, 4.69) is 40.3 Å². The summed E-state index contributed by atoms with van der Waals surface area (Å²) in [4.78, 5) is 12.6. The molecule has 0 bridgehead atoms. The van der Waals surface area contributed by atoms with Crippen LogP contribution in [0.4, 0.5) is 0 Å². The van der Waals surface area contributed by atoms with Gasteiger partial charge in [0.05, 0.1) is 17.1 Å². The summed E-state index contributed by atoms with van der Waals surface area (Å²) in [5, 5.41) is 3.17. The van der Waals surface area contributed by atoms with Gasteiger partial charge in [0.2, 0.25) is 5.91 Å². The molecular weight excluding hydrogens is 426 g/mol. The fourth-order valence-electron chi connectivity index (χ4n) is 3.18. The van der Waals surface area contributed by atoms with Crippen LogP contribution in [0.1, 0.15) is 42.5 Å². The van der Waals surface area contributed by atoms with Crippen molar-refractivity contribution in [2.45, 2.75) is 32.2 Å². The van der Waals surface area contributed by atoms with Crippen LogP contribution < -0.4 is 10.1 Å². The standard InChI is InChI=1S/C25H26BrNO2/c1-2-19-15-16-23(22(26)18-19)29-17-9-14-24(28)27-25(20-10-5-3-6-11-20)21-12-7-4-8-13-21/h3-8,10-13,15-16,18,25H,2,9,14,17H2,1H3,(H,27,28). The first-order chi connectivity index (χ1) is 14.2. The van der Waals surface area contributed by atoms with Crippen molar-refractivity contribution < 1.29 is 9.53 Å². The Balaban J connectivity index is 1.54. The summed E-state index contributed by atoms with van der Waals surface area (Å²) in [5.74, 6) is 0.834. The summed E-state index contributed by atoms with van der Waals surface area (Å²) < 4.78 is 6.79. The number of nitrogens with one attached hydrogen (secondary N) is 1. The van der Waals surface area contributed by atoms with Crippen LogP contribution in [0.25, 0.3) is 0 Å². The number of carbonyl (C=O) groups is 1. The van der Waals surface area contributed by atoms with Gasteiger partial charge in [-0.3, -0.25) is 4.79 Å². The predicted molar refractivity (Wildman–Crippen MR) is 121 cm³/mol. The summed E-state index contributed by atoms with van der Waals surface area (Å²) in [6, 6.07) is 26.1. The predicted octanol–water partition coefficient (Wildman–Crippen LogP) is 6.08. The minimum Gasteiger partial charge on any atom is -0.492 e. The third kappa shape index (κ3) is 6.20. The Labute approximate surface area is 181 Å². The highest BCUT2D eigenvalue weighted by Crippen LogP contribution is 2.26. The molecule has 0 aromatic heterocycles. The Morgan fingerprint density at radius 3 is 2.14 bits per heavy atom. The van der Waals surface area contributed by atoms with E-state index in [9.17, 15) is 4.79 Å². The lowest BCUT2D eigenvalue weighted by Gasteiger charge is -2.20. The van der Waals surface area contributed by atoms with E-state index in [1.807, 2.05) is 66.7 Å². The SMILES string of the molecule is CCc1ccc(OCCCC(=O)NC(c2ccccc2)c2ccccc2)c(Br)c1. The first-order valence-corrected chi connectivity index (χ1v) is 10.8. The third-order valence-corrected chi connectivity index (χ3v) is 5.40. The maximum Gasteiger partial charge on any atom is 0.220 e. The van der Waals surface area contributed by atoms with Gasteiger partial charge in [-0.15, -0.1) is 0 Å². The number of halogens is 1. The maximum atomic E-state index is 12.6. The second kappa shape index (κ2) is 10.8. The van der Waals surface area contributed by atoms with Crippen molar-refractivity contribution in [3.8, 4) is 5.75 Å². The maximum absolute atomic E-state index is 12.6. The van der Waals surface area contributed by atoms with Crippen LogP contribution in [0.15, 0.2) is 83.3 Å². The van der Waals surface area contributed by atoms with Crippen molar-refractivity contribution in [1.29, 1.82) is 0 Å². The van der Waals surface area contributed by atoms with Gasteiger partial charge in [-0.25, -0.2) is 0 Å². The normalized spacial score (nSPS) is 10.7. The lowest BCUT2D eigenvalue weighted by atomic mass is 9.98. The number of amides is 1. The fraction of sp³-hybridized carbons (Fsp3) is 0.240. The van der Waals surface area contributed by atoms with Gasteiger partial charge in [0.25, 0.3) is 0 Å². The van der Waals surface area contributed by atoms with Gasteiger partial charge in [-0.1, -0.05) is 73.7 Å². The Kier molecular flexibility index (Phi) is 7.88. The van der Waals surface area contributed by atoms with Crippen molar-refractivity contribution in [1.82, 2.24) is 5.32 Å². The molecule has 0 unspecified atom stereocenters. The van der Waals surface area contributed by atoms with Crippen molar-refractivity contribution in [3.63, 3.8) is 0 Å². The van der Waals surface area contributed by atoms with E-state index in [1.165, 1.54) is 5.56 Å². The van der Waals surface area contributed by atoms with E-state index in [0.29, 0.717) is 19.4 Å². The van der Waals surface area contributed by atoms with E-state index >= 15 is 0 Å². The van der Waals surface area contributed by atoms with Gasteiger partial charge < -0.3 is 10.1 Å². The average Bonchev–Trinajstić information content (AvgIpc) is 2.77. The second-order valence-corrected chi connectivity index (χ2v) is 7.75. The second-order valence-electron chi connectivity index (χ2n) is 6.89. The number of ether oxygens (including phenoxy) is 1. The number of carbonyl (C=O) groups excluding carboxylic acids is 1.